The van der Waals surface area contributed by atoms with Crippen LogP contribution in [0.2, 0.25) is 0 Å². The highest BCUT2D eigenvalue weighted by molar-refractivity contribution is 7.88. The monoisotopic (exact) mass is 317 g/mol. The van der Waals surface area contributed by atoms with E-state index in [0.717, 1.165) is 52.1 Å². The predicted molar refractivity (Wildman–Crippen MR) is 80.6 cm³/mol. The van der Waals surface area contributed by atoms with Crippen molar-refractivity contribution in [3.63, 3.8) is 0 Å². The Morgan fingerprint density at radius 2 is 2.05 bits per heavy atom. The summed E-state index contributed by atoms with van der Waals surface area (Å²) < 4.78 is 36.7. The molecule has 0 aromatic carbocycles. The van der Waals surface area contributed by atoms with Gasteiger partial charge in [-0.2, -0.15) is 0 Å². The molecule has 2 atom stereocenters. The quantitative estimate of drug-likeness (QED) is 0.771. The second-order valence-corrected chi connectivity index (χ2v) is 9.06. The van der Waals surface area contributed by atoms with Crippen LogP contribution in [0, 0.1) is 17.3 Å². The van der Waals surface area contributed by atoms with Gasteiger partial charge in [0.1, 0.15) is 0 Å². The minimum Gasteiger partial charge on any atom is -0.381 e. The molecule has 0 N–H and O–H groups in total. The molecule has 3 rings (SSSR count). The second kappa shape index (κ2) is 6.14. The molecule has 0 spiro atoms. The summed E-state index contributed by atoms with van der Waals surface area (Å²) in [5, 5.41) is 0. The Morgan fingerprint density at radius 3 is 2.76 bits per heavy atom. The topological polar surface area (TPSA) is 55.8 Å². The Kier molecular flexibility index (Phi) is 4.60. The highest BCUT2D eigenvalue weighted by Crippen LogP contribution is 2.49. The van der Waals surface area contributed by atoms with E-state index in [1.165, 1.54) is 12.7 Å². The standard InChI is InChI=1S/C15H27NO4S/c1-21(17,18)16-9-14-3-2-6-15(14,11-16)12-20-10-13-4-7-19-8-5-13/h13-14H,2-12H2,1H3/t14-,15+/m1/s1. The number of sulfonamides is 1. The Morgan fingerprint density at radius 1 is 1.29 bits per heavy atom. The normalized spacial score (nSPS) is 35.2. The van der Waals surface area contributed by atoms with Gasteiger partial charge in [0.15, 0.2) is 0 Å². The summed E-state index contributed by atoms with van der Waals surface area (Å²) in [5.74, 6) is 1.10. The first-order chi connectivity index (χ1) is 10.00. The molecule has 122 valence electrons. The molecule has 2 aliphatic heterocycles. The third-order valence-corrected chi connectivity index (χ3v) is 6.78. The largest absolute Gasteiger partial charge is 0.381 e. The number of hydrogen-bond donors (Lipinski definition) is 0. The van der Waals surface area contributed by atoms with Crippen LogP contribution >= 0.6 is 0 Å². The van der Waals surface area contributed by atoms with Crippen molar-refractivity contribution in [2.24, 2.45) is 17.3 Å². The maximum absolute atomic E-state index is 11.8. The fourth-order valence-corrected chi connectivity index (χ4v) is 5.14. The molecule has 0 aromatic rings. The molecule has 0 aromatic heterocycles. The van der Waals surface area contributed by atoms with Crippen LogP contribution < -0.4 is 0 Å². The Hall–Kier alpha value is -0.170. The molecular weight excluding hydrogens is 290 g/mol. The zero-order valence-corrected chi connectivity index (χ0v) is 13.7. The lowest BCUT2D eigenvalue weighted by atomic mass is 9.81. The lowest BCUT2D eigenvalue weighted by Gasteiger charge is -2.30. The van der Waals surface area contributed by atoms with E-state index in [0.29, 0.717) is 24.9 Å². The molecule has 5 nitrogen and oxygen atoms in total. The van der Waals surface area contributed by atoms with Crippen molar-refractivity contribution in [2.75, 3.05) is 45.8 Å². The van der Waals surface area contributed by atoms with Gasteiger partial charge in [-0.15, -0.1) is 0 Å². The molecule has 2 heterocycles. The van der Waals surface area contributed by atoms with E-state index in [1.54, 1.807) is 4.31 Å². The molecule has 3 fully saturated rings. The lowest BCUT2D eigenvalue weighted by molar-refractivity contribution is -0.0116. The molecule has 21 heavy (non-hydrogen) atoms. The molecule has 1 saturated carbocycles. The minimum atomic E-state index is -3.07. The molecule has 3 aliphatic rings. The number of ether oxygens (including phenoxy) is 2. The van der Waals surface area contributed by atoms with E-state index in [9.17, 15) is 8.42 Å². The summed E-state index contributed by atoms with van der Waals surface area (Å²) in [7, 11) is -3.07. The van der Waals surface area contributed by atoms with E-state index in [1.807, 2.05) is 0 Å². The summed E-state index contributed by atoms with van der Waals surface area (Å²) >= 11 is 0. The fourth-order valence-electron chi connectivity index (χ4n) is 4.20. The number of nitrogens with zero attached hydrogens (tertiary/aromatic N) is 1. The first-order valence-electron chi connectivity index (χ1n) is 8.10. The molecule has 1 aliphatic carbocycles. The van der Waals surface area contributed by atoms with Gasteiger partial charge in [0, 0.05) is 38.3 Å². The number of hydrogen-bond acceptors (Lipinski definition) is 4. The average molecular weight is 317 g/mol. The predicted octanol–water partition coefficient (Wildman–Crippen LogP) is 1.49. The van der Waals surface area contributed by atoms with Gasteiger partial charge in [0.2, 0.25) is 10.0 Å². The zero-order valence-electron chi connectivity index (χ0n) is 12.9. The fraction of sp³-hybridized carbons (Fsp3) is 1.00. The molecular formula is C15H27NO4S. The van der Waals surface area contributed by atoms with Crippen molar-refractivity contribution in [3.05, 3.63) is 0 Å². The highest BCUT2D eigenvalue weighted by atomic mass is 32.2. The molecule has 0 bridgehead atoms. The third kappa shape index (κ3) is 3.44. The molecule has 0 radical (unpaired) electrons. The van der Waals surface area contributed by atoms with Crippen molar-refractivity contribution in [1.82, 2.24) is 4.31 Å². The van der Waals surface area contributed by atoms with E-state index in [-0.39, 0.29) is 5.41 Å². The SMILES string of the molecule is CS(=O)(=O)N1C[C@H]2CCC[C@@]2(COCC2CCOCC2)C1. The van der Waals surface area contributed by atoms with E-state index in [4.69, 9.17) is 9.47 Å². The first-order valence-corrected chi connectivity index (χ1v) is 9.95. The zero-order chi connectivity index (χ0) is 14.9. The van der Waals surface area contributed by atoms with Crippen LogP contribution in [0.15, 0.2) is 0 Å². The third-order valence-electron chi connectivity index (χ3n) is 5.56. The highest BCUT2D eigenvalue weighted by Gasteiger charge is 2.51. The van der Waals surface area contributed by atoms with E-state index < -0.39 is 10.0 Å². The van der Waals surface area contributed by atoms with Crippen molar-refractivity contribution in [1.29, 1.82) is 0 Å². The molecule has 2 saturated heterocycles. The Balaban J connectivity index is 1.55. The van der Waals surface area contributed by atoms with Crippen molar-refractivity contribution >= 4 is 10.0 Å². The van der Waals surface area contributed by atoms with Gasteiger partial charge in [0.05, 0.1) is 12.9 Å². The maximum Gasteiger partial charge on any atom is 0.211 e. The van der Waals surface area contributed by atoms with Crippen LogP contribution in [0.25, 0.3) is 0 Å². The smallest absolute Gasteiger partial charge is 0.211 e. The Bertz CT molecular complexity index is 460. The molecule has 0 amide bonds. The van der Waals surface area contributed by atoms with Crippen molar-refractivity contribution in [3.8, 4) is 0 Å². The van der Waals surface area contributed by atoms with E-state index >= 15 is 0 Å². The number of fused-ring (bicyclic) bond motifs is 1. The van der Waals surface area contributed by atoms with Crippen LogP contribution in [0.4, 0.5) is 0 Å². The van der Waals surface area contributed by atoms with Crippen LogP contribution in [0.5, 0.6) is 0 Å². The van der Waals surface area contributed by atoms with Crippen LogP contribution in [0.1, 0.15) is 32.1 Å². The summed E-state index contributed by atoms with van der Waals surface area (Å²) in [6.45, 7) is 4.58. The Labute approximate surface area is 128 Å². The van der Waals surface area contributed by atoms with Crippen LogP contribution in [-0.2, 0) is 19.5 Å². The summed E-state index contributed by atoms with van der Waals surface area (Å²) in [4.78, 5) is 0. The van der Waals surface area contributed by atoms with Gasteiger partial charge < -0.3 is 9.47 Å². The van der Waals surface area contributed by atoms with Gasteiger partial charge in [-0.1, -0.05) is 6.42 Å². The first kappa shape index (κ1) is 15.7. The van der Waals surface area contributed by atoms with Gasteiger partial charge in [-0.3, -0.25) is 0 Å². The minimum absolute atomic E-state index is 0.0776. The van der Waals surface area contributed by atoms with Crippen molar-refractivity contribution < 1.29 is 17.9 Å². The van der Waals surface area contributed by atoms with Crippen LogP contribution in [-0.4, -0.2) is 58.5 Å². The van der Waals surface area contributed by atoms with E-state index in [2.05, 4.69) is 0 Å². The lowest BCUT2D eigenvalue weighted by Crippen LogP contribution is -2.35. The average Bonchev–Trinajstić information content (AvgIpc) is 2.96. The van der Waals surface area contributed by atoms with Crippen molar-refractivity contribution in [2.45, 2.75) is 32.1 Å². The number of rotatable bonds is 5. The summed E-state index contributed by atoms with van der Waals surface area (Å²) in [6.07, 6.45) is 6.97. The van der Waals surface area contributed by atoms with Gasteiger partial charge >= 0.3 is 0 Å². The van der Waals surface area contributed by atoms with Gasteiger partial charge in [0.25, 0.3) is 0 Å². The summed E-state index contributed by atoms with van der Waals surface area (Å²) in [6, 6.07) is 0. The maximum atomic E-state index is 11.8. The second-order valence-electron chi connectivity index (χ2n) is 7.08. The molecule has 6 heteroatoms. The molecule has 0 unspecified atom stereocenters. The summed E-state index contributed by atoms with van der Waals surface area (Å²) in [5.41, 5.74) is 0.0776. The van der Waals surface area contributed by atoms with Gasteiger partial charge in [-0.25, -0.2) is 12.7 Å². The van der Waals surface area contributed by atoms with Crippen LogP contribution in [0.3, 0.4) is 0 Å². The van der Waals surface area contributed by atoms with Gasteiger partial charge in [-0.05, 0) is 37.5 Å².